The molecule has 0 aromatic carbocycles. The van der Waals surface area contributed by atoms with E-state index < -0.39 is 0 Å². The van der Waals surface area contributed by atoms with E-state index in [4.69, 9.17) is 9.47 Å². The molecule has 2 rings (SSSR count). The highest BCUT2D eigenvalue weighted by atomic mass is 32.2. The predicted octanol–water partition coefficient (Wildman–Crippen LogP) is 5.00. The number of esters is 2. The third-order valence-corrected chi connectivity index (χ3v) is 14.0. The average molecular weight is 513 g/mol. The molecule has 2 aliphatic rings. The van der Waals surface area contributed by atoms with Gasteiger partial charge in [0.25, 0.3) is 0 Å². The van der Waals surface area contributed by atoms with Crippen LogP contribution in [0.2, 0.25) is 0 Å². The molecule has 0 spiro atoms. The molecule has 0 N–H and O–H groups in total. The summed E-state index contributed by atoms with van der Waals surface area (Å²) in [5.74, 6) is 3.99. The van der Waals surface area contributed by atoms with Crippen molar-refractivity contribution in [3.63, 3.8) is 0 Å². The minimum atomic E-state index is -0.328. The third kappa shape index (κ3) is 11.1. The first kappa shape index (κ1) is 25.8. The van der Waals surface area contributed by atoms with E-state index in [1.807, 2.05) is 70.6 Å². The van der Waals surface area contributed by atoms with Crippen LogP contribution in [0.15, 0.2) is 25.3 Å². The second-order valence-corrected chi connectivity index (χ2v) is 14.7. The fourth-order valence-electron chi connectivity index (χ4n) is 2.54. The van der Waals surface area contributed by atoms with Crippen molar-refractivity contribution in [2.45, 2.75) is 32.5 Å². The van der Waals surface area contributed by atoms with Crippen LogP contribution in [0.1, 0.15) is 12.8 Å². The van der Waals surface area contributed by atoms with Crippen molar-refractivity contribution in [1.29, 1.82) is 0 Å². The molecule has 0 amide bonds. The van der Waals surface area contributed by atoms with Crippen LogP contribution in [-0.4, -0.2) is 72.9 Å². The van der Waals surface area contributed by atoms with Crippen molar-refractivity contribution in [3.8, 4) is 0 Å². The van der Waals surface area contributed by atoms with Gasteiger partial charge in [-0.3, -0.25) is 0 Å². The topological polar surface area (TPSA) is 52.6 Å². The summed E-state index contributed by atoms with van der Waals surface area (Å²) >= 11 is 12.2. The van der Waals surface area contributed by atoms with E-state index in [1.54, 1.807) is 0 Å². The number of ether oxygens (including phenoxy) is 2. The zero-order valence-electron chi connectivity index (χ0n) is 16.3. The first-order valence-electron chi connectivity index (χ1n) is 9.38. The number of hydrogen-bond donors (Lipinski definition) is 0. The Kier molecular flexibility index (Phi) is 13.6. The third-order valence-electron chi connectivity index (χ3n) is 4.00. The van der Waals surface area contributed by atoms with Gasteiger partial charge in [-0.05, 0) is 12.8 Å². The van der Waals surface area contributed by atoms with Crippen LogP contribution in [0.3, 0.4) is 0 Å². The summed E-state index contributed by atoms with van der Waals surface area (Å²) in [6.45, 7) is 7.81. The van der Waals surface area contributed by atoms with Crippen molar-refractivity contribution < 1.29 is 19.1 Å². The summed E-state index contributed by atoms with van der Waals surface area (Å²) in [7, 11) is 0. The van der Waals surface area contributed by atoms with Crippen molar-refractivity contribution in [3.05, 3.63) is 25.3 Å². The SMILES string of the molecule is C=CC(=O)OCCC1CSC(CSCSCC2SCC(CCOC(=O)C=C)S2)S1. The summed E-state index contributed by atoms with van der Waals surface area (Å²) < 4.78 is 11.5. The quantitative estimate of drug-likeness (QED) is 0.138. The van der Waals surface area contributed by atoms with Gasteiger partial charge >= 0.3 is 11.9 Å². The molecule has 4 unspecified atom stereocenters. The Morgan fingerprint density at radius 2 is 1.31 bits per heavy atom. The molecular formula is C19H28O4S6. The number of thioether (sulfide) groups is 6. The Morgan fingerprint density at radius 3 is 1.72 bits per heavy atom. The van der Waals surface area contributed by atoms with Gasteiger partial charge in [-0.1, -0.05) is 13.2 Å². The molecule has 2 saturated heterocycles. The lowest BCUT2D eigenvalue weighted by atomic mass is 10.3. The smallest absolute Gasteiger partial charge is 0.330 e. The number of hydrogen-bond acceptors (Lipinski definition) is 10. The monoisotopic (exact) mass is 512 g/mol. The highest BCUT2D eigenvalue weighted by Gasteiger charge is 2.27. The molecule has 10 heteroatoms. The largest absolute Gasteiger partial charge is 0.463 e. The molecule has 4 atom stereocenters. The van der Waals surface area contributed by atoms with Crippen LogP contribution >= 0.6 is 70.6 Å². The Bertz CT molecular complexity index is 501. The summed E-state index contributed by atoms with van der Waals surface area (Å²) in [6.07, 6.45) is 4.29. The fourth-order valence-corrected chi connectivity index (χ4v) is 12.4. The lowest BCUT2D eigenvalue weighted by molar-refractivity contribution is -0.138. The molecule has 0 aromatic rings. The summed E-state index contributed by atoms with van der Waals surface area (Å²) in [5.41, 5.74) is 0. The van der Waals surface area contributed by atoms with E-state index >= 15 is 0 Å². The maximum absolute atomic E-state index is 11.1. The van der Waals surface area contributed by atoms with Gasteiger partial charge in [0.15, 0.2) is 0 Å². The van der Waals surface area contributed by atoms with Crippen LogP contribution in [0.25, 0.3) is 0 Å². The minimum absolute atomic E-state index is 0.328. The highest BCUT2D eigenvalue weighted by Crippen LogP contribution is 2.43. The van der Waals surface area contributed by atoms with Crippen LogP contribution in [0.4, 0.5) is 0 Å². The normalized spacial score (nSPS) is 26.2. The molecule has 0 aromatic heterocycles. The molecule has 2 heterocycles. The molecule has 29 heavy (non-hydrogen) atoms. The summed E-state index contributed by atoms with van der Waals surface area (Å²) in [6, 6.07) is 0. The maximum atomic E-state index is 11.1. The zero-order valence-corrected chi connectivity index (χ0v) is 21.2. The van der Waals surface area contributed by atoms with Gasteiger partial charge in [-0.2, -0.15) is 0 Å². The summed E-state index contributed by atoms with van der Waals surface area (Å²) in [4.78, 5) is 22.1. The molecule has 0 aliphatic carbocycles. The van der Waals surface area contributed by atoms with Gasteiger partial charge in [-0.25, -0.2) is 9.59 Å². The first-order chi connectivity index (χ1) is 14.1. The van der Waals surface area contributed by atoms with Crippen LogP contribution < -0.4 is 0 Å². The lowest BCUT2D eigenvalue weighted by Gasteiger charge is -2.12. The van der Waals surface area contributed by atoms with Crippen molar-refractivity contribution >= 4 is 82.5 Å². The van der Waals surface area contributed by atoms with E-state index in [0.717, 1.165) is 29.4 Å². The molecule has 2 fully saturated rings. The Labute approximate surface area is 199 Å². The second-order valence-electron chi connectivity index (χ2n) is 6.22. The highest BCUT2D eigenvalue weighted by molar-refractivity contribution is 8.23. The van der Waals surface area contributed by atoms with Crippen LogP contribution in [-0.2, 0) is 19.1 Å². The van der Waals surface area contributed by atoms with Crippen molar-refractivity contribution in [2.75, 3.05) is 41.3 Å². The van der Waals surface area contributed by atoms with Gasteiger partial charge in [0.2, 0.25) is 0 Å². The van der Waals surface area contributed by atoms with Crippen LogP contribution in [0.5, 0.6) is 0 Å². The Balaban J connectivity index is 1.43. The van der Waals surface area contributed by atoms with Gasteiger partial charge in [0.1, 0.15) is 0 Å². The Hall–Kier alpha value is 0.520. The average Bonchev–Trinajstić information content (AvgIpc) is 3.37. The maximum Gasteiger partial charge on any atom is 0.330 e. The minimum Gasteiger partial charge on any atom is -0.463 e. The molecule has 164 valence electrons. The van der Waals surface area contributed by atoms with E-state index in [1.165, 1.54) is 23.7 Å². The van der Waals surface area contributed by atoms with E-state index in [2.05, 4.69) is 13.2 Å². The Morgan fingerprint density at radius 1 is 0.862 bits per heavy atom. The molecular weight excluding hydrogens is 485 g/mol. The van der Waals surface area contributed by atoms with Crippen LogP contribution in [0, 0.1) is 0 Å². The predicted molar refractivity (Wildman–Crippen MR) is 137 cm³/mol. The lowest BCUT2D eigenvalue weighted by Crippen LogP contribution is -2.10. The molecule has 0 saturated carbocycles. The van der Waals surface area contributed by atoms with Gasteiger partial charge < -0.3 is 9.47 Å². The van der Waals surface area contributed by atoms with Gasteiger partial charge in [-0.15, -0.1) is 70.6 Å². The molecule has 0 radical (unpaired) electrons. The van der Waals surface area contributed by atoms with E-state index in [-0.39, 0.29) is 11.9 Å². The van der Waals surface area contributed by atoms with E-state index in [0.29, 0.717) is 32.9 Å². The molecule has 0 bridgehead atoms. The number of carbonyl (C=O) groups is 2. The van der Waals surface area contributed by atoms with Gasteiger partial charge in [0.05, 0.1) is 22.4 Å². The molecule has 2 aliphatic heterocycles. The summed E-state index contributed by atoms with van der Waals surface area (Å²) in [5, 5.41) is 2.31. The number of rotatable bonds is 14. The standard InChI is InChI=1S/C19H28O4S6/c1-3-16(20)22-7-5-14-9-26-18(28-14)11-24-13-25-12-19-27-10-15(29-19)6-8-23-17(21)4-2/h3-4,14-15,18-19H,1-2,5-13H2. The zero-order chi connectivity index (χ0) is 20.9. The number of carbonyl (C=O) groups excluding carboxylic acids is 2. The molecule has 4 nitrogen and oxygen atoms in total. The van der Waals surface area contributed by atoms with E-state index in [9.17, 15) is 9.59 Å². The first-order valence-corrected chi connectivity index (χ1v) is 15.7. The fraction of sp³-hybridized carbons (Fsp3) is 0.684. The van der Waals surface area contributed by atoms with Crippen molar-refractivity contribution in [2.24, 2.45) is 0 Å². The van der Waals surface area contributed by atoms with Crippen molar-refractivity contribution in [1.82, 2.24) is 0 Å². The second kappa shape index (κ2) is 15.3. The van der Waals surface area contributed by atoms with Gasteiger partial charge in [0, 0.05) is 50.7 Å².